The molecule has 0 spiro atoms. The van der Waals surface area contributed by atoms with Gasteiger partial charge in [0.2, 0.25) is 5.91 Å². The van der Waals surface area contributed by atoms with Gasteiger partial charge in [0.15, 0.2) is 5.76 Å². The molecule has 2 aromatic rings. The van der Waals surface area contributed by atoms with Crippen molar-refractivity contribution < 1.29 is 14.0 Å². The van der Waals surface area contributed by atoms with Gasteiger partial charge in [-0.25, -0.2) is 0 Å². The Bertz CT molecular complexity index is 603. The standard InChI is InChI=1S/C15H16N2O3/c1-10(2)14(18)16-11-5-3-6-12(9-11)17-15(19)13-7-4-8-20-13/h3-10H,1-2H3,(H,16,18)(H,17,19). The monoisotopic (exact) mass is 272 g/mol. The molecule has 5 nitrogen and oxygen atoms in total. The highest BCUT2D eigenvalue weighted by Gasteiger charge is 2.10. The molecule has 0 aliphatic carbocycles. The molecule has 2 rings (SSSR count). The summed E-state index contributed by atoms with van der Waals surface area (Å²) in [6, 6.07) is 10.2. The molecule has 104 valence electrons. The van der Waals surface area contributed by atoms with Gasteiger partial charge in [0.1, 0.15) is 0 Å². The molecule has 5 heteroatoms. The third-order valence-corrected chi connectivity index (χ3v) is 2.66. The van der Waals surface area contributed by atoms with E-state index in [1.165, 1.54) is 6.26 Å². The number of amides is 2. The molecule has 1 aromatic heterocycles. The van der Waals surface area contributed by atoms with Crippen molar-refractivity contribution in [3.63, 3.8) is 0 Å². The zero-order chi connectivity index (χ0) is 14.5. The number of benzene rings is 1. The molecule has 0 fully saturated rings. The van der Waals surface area contributed by atoms with Crippen LogP contribution in [0.5, 0.6) is 0 Å². The predicted molar refractivity (Wildman–Crippen MR) is 76.6 cm³/mol. The van der Waals surface area contributed by atoms with E-state index in [-0.39, 0.29) is 23.5 Å². The second kappa shape index (κ2) is 6.06. The van der Waals surface area contributed by atoms with Crippen LogP contribution in [-0.4, -0.2) is 11.8 Å². The van der Waals surface area contributed by atoms with E-state index in [2.05, 4.69) is 10.6 Å². The van der Waals surface area contributed by atoms with Gasteiger partial charge >= 0.3 is 0 Å². The van der Waals surface area contributed by atoms with Crippen LogP contribution < -0.4 is 10.6 Å². The summed E-state index contributed by atoms with van der Waals surface area (Å²) in [5.74, 6) is -0.264. The van der Waals surface area contributed by atoms with Gasteiger partial charge in [0, 0.05) is 17.3 Å². The molecule has 0 atom stereocenters. The van der Waals surface area contributed by atoms with Gasteiger partial charge in [-0.1, -0.05) is 19.9 Å². The van der Waals surface area contributed by atoms with E-state index < -0.39 is 0 Å². The summed E-state index contributed by atoms with van der Waals surface area (Å²) in [7, 11) is 0. The van der Waals surface area contributed by atoms with E-state index in [0.29, 0.717) is 11.4 Å². The van der Waals surface area contributed by atoms with Crippen molar-refractivity contribution in [1.29, 1.82) is 0 Å². The maximum atomic E-state index is 11.8. The van der Waals surface area contributed by atoms with Crippen LogP contribution in [0.2, 0.25) is 0 Å². The zero-order valence-electron chi connectivity index (χ0n) is 11.3. The molecule has 0 unspecified atom stereocenters. The van der Waals surface area contributed by atoms with E-state index in [1.54, 1.807) is 36.4 Å². The Morgan fingerprint density at radius 1 is 1.05 bits per heavy atom. The van der Waals surface area contributed by atoms with E-state index in [0.717, 1.165) is 0 Å². The summed E-state index contributed by atoms with van der Waals surface area (Å²) >= 11 is 0. The summed E-state index contributed by atoms with van der Waals surface area (Å²) in [4.78, 5) is 23.4. The van der Waals surface area contributed by atoms with Crippen molar-refractivity contribution in [2.24, 2.45) is 5.92 Å². The van der Waals surface area contributed by atoms with Gasteiger partial charge in [-0.2, -0.15) is 0 Å². The van der Waals surface area contributed by atoms with Crippen molar-refractivity contribution in [2.75, 3.05) is 10.6 Å². The molecule has 0 aliphatic rings. The first kappa shape index (κ1) is 13.9. The lowest BCUT2D eigenvalue weighted by molar-refractivity contribution is -0.118. The average Bonchev–Trinajstić information content (AvgIpc) is 2.92. The largest absolute Gasteiger partial charge is 0.459 e. The fourth-order valence-corrected chi connectivity index (χ4v) is 1.56. The summed E-state index contributed by atoms with van der Waals surface area (Å²) in [6.45, 7) is 3.63. The maximum Gasteiger partial charge on any atom is 0.291 e. The van der Waals surface area contributed by atoms with Gasteiger partial charge in [-0.05, 0) is 30.3 Å². The first-order valence-electron chi connectivity index (χ1n) is 6.32. The van der Waals surface area contributed by atoms with Crippen molar-refractivity contribution >= 4 is 23.2 Å². The minimum Gasteiger partial charge on any atom is -0.459 e. The lowest BCUT2D eigenvalue weighted by Gasteiger charge is -2.09. The molecule has 0 saturated carbocycles. The van der Waals surface area contributed by atoms with Crippen LogP contribution in [0.1, 0.15) is 24.4 Å². The maximum absolute atomic E-state index is 11.8. The molecule has 0 aliphatic heterocycles. The summed E-state index contributed by atoms with van der Waals surface area (Å²) < 4.78 is 5.01. The van der Waals surface area contributed by atoms with Gasteiger partial charge in [-0.15, -0.1) is 0 Å². The minimum atomic E-state index is -0.331. The topological polar surface area (TPSA) is 71.3 Å². The lowest BCUT2D eigenvalue weighted by Crippen LogP contribution is -2.18. The third-order valence-electron chi connectivity index (χ3n) is 2.66. The van der Waals surface area contributed by atoms with Crippen molar-refractivity contribution in [3.05, 3.63) is 48.4 Å². The first-order valence-corrected chi connectivity index (χ1v) is 6.32. The predicted octanol–water partition coefficient (Wildman–Crippen LogP) is 3.13. The number of hydrogen-bond acceptors (Lipinski definition) is 3. The first-order chi connectivity index (χ1) is 9.56. The summed E-state index contributed by atoms with van der Waals surface area (Å²) in [5.41, 5.74) is 1.23. The molecule has 2 N–H and O–H groups in total. The highest BCUT2D eigenvalue weighted by atomic mass is 16.3. The molecule has 2 amide bonds. The number of rotatable bonds is 4. The lowest BCUT2D eigenvalue weighted by atomic mass is 10.2. The van der Waals surface area contributed by atoms with Crippen LogP contribution in [0.3, 0.4) is 0 Å². The SMILES string of the molecule is CC(C)C(=O)Nc1cccc(NC(=O)c2ccco2)c1. The molecule has 20 heavy (non-hydrogen) atoms. The number of carbonyl (C=O) groups excluding carboxylic acids is 2. The second-order valence-electron chi connectivity index (χ2n) is 4.66. The minimum absolute atomic E-state index is 0.0699. The fourth-order valence-electron chi connectivity index (χ4n) is 1.56. The Kier molecular flexibility index (Phi) is 4.20. The fraction of sp³-hybridized carbons (Fsp3) is 0.200. The van der Waals surface area contributed by atoms with Crippen LogP contribution in [0.4, 0.5) is 11.4 Å². The van der Waals surface area contributed by atoms with Gasteiger partial charge in [0.25, 0.3) is 5.91 Å². The molecule has 0 bridgehead atoms. The summed E-state index contributed by atoms with van der Waals surface area (Å²) in [6.07, 6.45) is 1.44. The van der Waals surface area contributed by atoms with Gasteiger partial charge in [0.05, 0.1) is 6.26 Å². The number of nitrogens with one attached hydrogen (secondary N) is 2. The normalized spacial score (nSPS) is 10.3. The van der Waals surface area contributed by atoms with E-state index >= 15 is 0 Å². The van der Waals surface area contributed by atoms with Gasteiger partial charge in [-0.3, -0.25) is 9.59 Å². The molecule has 0 saturated heterocycles. The number of furan rings is 1. The van der Waals surface area contributed by atoms with E-state index in [9.17, 15) is 9.59 Å². The highest BCUT2D eigenvalue weighted by molar-refractivity contribution is 6.02. The summed E-state index contributed by atoms with van der Waals surface area (Å²) in [5, 5.41) is 5.48. The number of carbonyl (C=O) groups is 2. The molecule has 1 aromatic carbocycles. The van der Waals surface area contributed by atoms with Crippen molar-refractivity contribution in [2.45, 2.75) is 13.8 Å². The smallest absolute Gasteiger partial charge is 0.291 e. The van der Waals surface area contributed by atoms with Crippen molar-refractivity contribution in [1.82, 2.24) is 0 Å². The Labute approximate surface area is 117 Å². The Hall–Kier alpha value is -2.56. The number of anilines is 2. The van der Waals surface area contributed by atoms with Crippen LogP contribution >= 0.6 is 0 Å². The second-order valence-corrected chi connectivity index (χ2v) is 4.66. The van der Waals surface area contributed by atoms with Crippen LogP contribution in [-0.2, 0) is 4.79 Å². The Morgan fingerprint density at radius 2 is 1.75 bits per heavy atom. The van der Waals surface area contributed by atoms with Crippen molar-refractivity contribution in [3.8, 4) is 0 Å². The van der Waals surface area contributed by atoms with Gasteiger partial charge < -0.3 is 15.1 Å². The molecular weight excluding hydrogens is 256 g/mol. The third kappa shape index (κ3) is 3.47. The average molecular weight is 272 g/mol. The van der Waals surface area contributed by atoms with Crippen LogP contribution in [0.25, 0.3) is 0 Å². The van der Waals surface area contributed by atoms with E-state index in [4.69, 9.17) is 4.42 Å². The molecule has 1 heterocycles. The molecular formula is C15H16N2O3. The number of hydrogen-bond donors (Lipinski definition) is 2. The van der Waals surface area contributed by atoms with E-state index in [1.807, 2.05) is 13.8 Å². The zero-order valence-corrected chi connectivity index (χ0v) is 11.3. The Morgan fingerprint density at radius 3 is 2.35 bits per heavy atom. The Balaban J connectivity index is 2.06. The quantitative estimate of drug-likeness (QED) is 0.898. The molecule has 0 radical (unpaired) electrons. The highest BCUT2D eigenvalue weighted by Crippen LogP contribution is 2.17. The van der Waals surface area contributed by atoms with Crippen LogP contribution in [0, 0.1) is 5.92 Å². The van der Waals surface area contributed by atoms with Crippen LogP contribution in [0.15, 0.2) is 47.1 Å².